The molecule has 1 N–H and O–H groups in total. The lowest BCUT2D eigenvalue weighted by Gasteiger charge is -2.05. The summed E-state index contributed by atoms with van der Waals surface area (Å²) in [5.41, 5.74) is 1.01. The van der Waals surface area contributed by atoms with Crippen molar-refractivity contribution < 1.29 is 9.15 Å². The Bertz CT molecular complexity index is 522. The summed E-state index contributed by atoms with van der Waals surface area (Å²) in [6.45, 7) is 3.76. The van der Waals surface area contributed by atoms with Crippen LogP contribution in [0.2, 0.25) is 0 Å². The molecule has 0 saturated carbocycles. The molecule has 4 heteroatoms. The number of methoxy groups -OCH3 is 1. The van der Waals surface area contributed by atoms with Gasteiger partial charge in [0.15, 0.2) is 0 Å². The zero-order valence-corrected chi connectivity index (χ0v) is 12.1. The van der Waals surface area contributed by atoms with Crippen LogP contribution in [-0.2, 0) is 6.54 Å². The first kappa shape index (κ1) is 13.2. The van der Waals surface area contributed by atoms with Crippen LogP contribution in [0.3, 0.4) is 0 Å². The van der Waals surface area contributed by atoms with Crippen LogP contribution in [0.15, 0.2) is 39.2 Å². The van der Waals surface area contributed by atoms with Gasteiger partial charge >= 0.3 is 0 Å². The van der Waals surface area contributed by atoms with Crippen molar-refractivity contribution >= 4 is 15.9 Å². The first-order valence-electron chi connectivity index (χ1n) is 5.88. The second kappa shape index (κ2) is 6.07. The number of furan rings is 1. The summed E-state index contributed by atoms with van der Waals surface area (Å²) >= 11 is 3.44. The summed E-state index contributed by atoms with van der Waals surface area (Å²) in [7, 11) is 1.66. The van der Waals surface area contributed by atoms with E-state index >= 15 is 0 Å². The molecule has 0 atom stereocenters. The van der Waals surface area contributed by atoms with E-state index in [1.54, 1.807) is 7.11 Å². The molecular weight excluding hydrogens is 294 g/mol. The number of rotatable bonds is 5. The lowest BCUT2D eigenvalue weighted by atomic mass is 10.1. The first-order valence-corrected chi connectivity index (χ1v) is 6.67. The Morgan fingerprint density at radius 2 is 2.11 bits per heavy atom. The Hall–Kier alpha value is -1.26. The second-order valence-electron chi connectivity index (χ2n) is 3.90. The molecule has 96 valence electrons. The molecule has 0 amide bonds. The van der Waals surface area contributed by atoms with Crippen molar-refractivity contribution in [1.82, 2.24) is 5.32 Å². The molecule has 1 heterocycles. The van der Waals surface area contributed by atoms with Crippen LogP contribution in [0, 0.1) is 0 Å². The highest BCUT2D eigenvalue weighted by molar-refractivity contribution is 9.10. The van der Waals surface area contributed by atoms with Crippen molar-refractivity contribution in [3.63, 3.8) is 0 Å². The van der Waals surface area contributed by atoms with Gasteiger partial charge in [-0.05, 0) is 52.8 Å². The maximum Gasteiger partial charge on any atom is 0.134 e. The molecule has 18 heavy (non-hydrogen) atoms. The highest BCUT2D eigenvalue weighted by atomic mass is 79.9. The van der Waals surface area contributed by atoms with Gasteiger partial charge in [-0.3, -0.25) is 0 Å². The van der Waals surface area contributed by atoms with Gasteiger partial charge in [0, 0.05) is 5.56 Å². The monoisotopic (exact) mass is 309 g/mol. The van der Waals surface area contributed by atoms with E-state index in [0.29, 0.717) is 0 Å². The molecular formula is C14H16BrNO2. The minimum Gasteiger partial charge on any atom is -0.496 e. The number of benzene rings is 1. The molecule has 0 radical (unpaired) electrons. The van der Waals surface area contributed by atoms with E-state index in [9.17, 15) is 0 Å². The van der Waals surface area contributed by atoms with E-state index in [1.165, 1.54) is 0 Å². The Labute approximate surface area is 115 Å². The SMILES string of the molecule is CCNCc1ccc(-c2ccc(Br)c(OC)c2)o1. The summed E-state index contributed by atoms with van der Waals surface area (Å²) in [6, 6.07) is 9.89. The maximum absolute atomic E-state index is 5.78. The van der Waals surface area contributed by atoms with Crippen molar-refractivity contribution in [2.75, 3.05) is 13.7 Å². The minimum absolute atomic E-state index is 0.754. The van der Waals surface area contributed by atoms with E-state index in [4.69, 9.17) is 9.15 Å². The molecule has 2 aromatic rings. The van der Waals surface area contributed by atoms with Crippen LogP contribution in [0.4, 0.5) is 0 Å². The first-order chi connectivity index (χ1) is 8.74. The standard InChI is InChI=1S/C14H16BrNO2/c1-3-16-9-11-5-7-13(18-11)10-4-6-12(15)14(8-10)17-2/h4-8,16H,3,9H2,1-2H3. The predicted molar refractivity (Wildman–Crippen MR) is 75.8 cm³/mol. The molecule has 2 rings (SSSR count). The van der Waals surface area contributed by atoms with Gasteiger partial charge < -0.3 is 14.5 Å². The Morgan fingerprint density at radius 1 is 1.28 bits per heavy atom. The van der Waals surface area contributed by atoms with Gasteiger partial charge in [0.25, 0.3) is 0 Å². The molecule has 3 nitrogen and oxygen atoms in total. The average molecular weight is 310 g/mol. The fourth-order valence-electron chi connectivity index (χ4n) is 1.69. The van der Waals surface area contributed by atoms with Crippen LogP contribution in [0.5, 0.6) is 5.75 Å². The van der Waals surface area contributed by atoms with Gasteiger partial charge in [-0.25, -0.2) is 0 Å². The van der Waals surface area contributed by atoms with Crippen LogP contribution in [0.1, 0.15) is 12.7 Å². The van der Waals surface area contributed by atoms with Crippen molar-refractivity contribution in [2.45, 2.75) is 13.5 Å². The number of hydrogen-bond donors (Lipinski definition) is 1. The van der Waals surface area contributed by atoms with Gasteiger partial charge in [0.1, 0.15) is 17.3 Å². The lowest BCUT2D eigenvalue weighted by Crippen LogP contribution is -2.10. The van der Waals surface area contributed by atoms with Crippen molar-refractivity contribution in [3.05, 3.63) is 40.6 Å². The molecule has 0 spiro atoms. The smallest absolute Gasteiger partial charge is 0.134 e. The molecule has 0 aliphatic heterocycles. The molecule has 0 aliphatic rings. The third-order valence-electron chi connectivity index (χ3n) is 2.65. The predicted octanol–water partition coefficient (Wildman–Crippen LogP) is 3.83. The van der Waals surface area contributed by atoms with E-state index in [1.807, 2.05) is 30.3 Å². The normalized spacial score (nSPS) is 10.6. The summed E-state index contributed by atoms with van der Waals surface area (Å²) in [6.07, 6.45) is 0. The van der Waals surface area contributed by atoms with Crippen LogP contribution < -0.4 is 10.1 Å². The molecule has 0 bridgehead atoms. The number of hydrogen-bond acceptors (Lipinski definition) is 3. The third-order valence-corrected chi connectivity index (χ3v) is 3.30. The molecule has 0 saturated heterocycles. The van der Waals surface area contributed by atoms with Gasteiger partial charge in [-0.15, -0.1) is 0 Å². The van der Waals surface area contributed by atoms with E-state index in [-0.39, 0.29) is 0 Å². The van der Waals surface area contributed by atoms with Gasteiger partial charge in [0.2, 0.25) is 0 Å². The summed E-state index contributed by atoms with van der Waals surface area (Å²) in [5, 5.41) is 3.24. The van der Waals surface area contributed by atoms with Gasteiger partial charge in [0.05, 0.1) is 18.1 Å². The van der Waals surface area contributed by atoms with Crippen LogP contribution >= 0.6 is 15.9 Å². The molecule has 1 aromatic carbocycles. The Kier molecular flexibility index (Phi) is 4.44. The average Bonchev–Trinajstić information content (AvgIpc) is 2.85. The van der Waals surface area contributed by atoms with Crippen molar-refractivity contribution in [3.8, 4) is 17.1 Å². The number of halogens is 1. The lowest BCUT2D eigenvalue weighted by molar-refractivity contribution is 0.412. The van der Waals surface area contributed by atoms with E-state index < -0.39 is 0 Å². The van der Waals surface area contributed by atoms with Gasteiger partial charge in [-0.1, -0.05) is 6.92 Å². The van der Waals surface area contributed by atoms with Crippen molar-refractivity contribution in [2.24, 2.45) is 0 Å². The molecule has 1 aromatic heterocycles. The summed E-state index contributed by atoms with van der Waals surface area (Å²) < 4.78 is 12.0. The molecule has 0 fully saturated rings. The van der Waals surface area contributed by atoms with E-state index in [2.05, 4.69) is 28.2 Å². The van der Waals surface area contributed by atoms with Crippen LogP contribution in [0.25, 0.3) is 11.3 Å². The third kappa shape index (κ3) is 2.94. The van der Waals surface area contributed by atoms with E-state index in [0.717, 1.165) is 40.4 Å². The second-order valence-corrected chi connectivity index (χ2v) is 4.75. The van der Waals surface area contributed by atoms with Gasteiger partial charge in [-0.2, -0.15) is 0 Å². The summed E-state index contributed by atoms with van der Waals surface area (Å²) in [5.74, 6) is 2.60. The van der Waals surface area contributed by atoms with Crippen molar-refractivity contribution in [1.29, 1.82) is 0 Å². The maximum atomic E-state index is 5.78. The fraction of sp³-hybridized carbons (Fsp3) is 0.286. The zero-order valence-electron chi connectivity index (χ0n) is 10.5. The molecule has 0 unspecified atom stereocenters. The topological polar surface area (TPSA) is 34.4 Å². The Morgan fingerprint density at radius 3 is 2.83 bits per heavy atom. The Balaban J connectivity index is 2.23. The zero-order chi connectivity index (χ0) is 13.0. The highest BCUT2D eigenvalue weighted by Crippen LogP contribution is 2.31. The van der Waals surface area contributed by atoms with Crippen LogP contribution in [-0.4, -0.2) is 13.7 Å². The minimum atomic E-state index is 0.754. The molecule has 0 aliphatic carbocycles. The number of nitrogens with one attached hydrogen (secondary N) is 1. The largest absolute Gasteiger partial charge is 0.496 e. The fourth-order valence-corrected chi connectivity index (χ4v) is 2.10. The summed E-state index contributed by atoms with van der Waals surface area (Å²) in [4.78, 5) is 0. The quantitative estimate of drug-likeness (QED) is 0.911. The number of ether oxygens (including phenoxy) is 1. The highest BCUT2D eigenvalue weighted by Gasteiger charge is 2.07.